The number of rotatable bonds is 8. The average molecular weight is 431 g/mol. The number of hydrogen-bond acceptors (Lipinski definition) is 5. The largest absolute Gasteiger partial charge is 0.548 e. The lowest BCUT2D eigenvalue weighted by atomic mass is 9.92. The van der Waals surface area contributed by atoms with E-state index in [-0.39, 0.29) is 10.8 Å². The third-order valence-corrected chi connectivity index (χ3v) is 5.15. The minimum absolute atomic E-state index is 0.381. The van der Waals surface area contributed by atoms with Gasteiger partial charge in [0.25, 0.3) is 0 Å². The van der Waals surface area contributed by atoms with Crippen LogP contribution in [0.25, 0.3) is 0 Å². The van der Waals surface area contributed by atoms with Gasteiger partial charge in [0.2, 0.25) is 18.1 Å². The second kappa shape index (κ2) is 11.1. The normalized spacial score (nSPS) is 14.5. The highest BCUT2D eigenvalue weighted by atomic mass is 28.3. The molecule has 0 amide bonds. The van der Waals surface area contributed by atoms with Crippen molar-refractivity contribution in [2.75, 3.05) is 0 Å². The molecule has 0 spiro atoms. The molecule has 0 fully saturated rings. The summed E-state index contributed by atoms with van der Waals surface area (Å²) >= 11 is 0. The zero-order chi connectivity index (χ0) is 22.3. The van der Waals surface area contributed by atoms with Crippen LogP contribution in [-0.4, -0.2) is 24.2 Å². The van der Waals surface area contributed by atoms with Crippen molar-refractivity contribution in [3.63, 3.8) is 0 Å². The van der Waals surface area contributed by atoms with Gasteiger partial charge in [0.05, 0.1) is 0 Å². The summed E-state index contributed by atoms with van der Waals surface area (Å²) in [6.45, 7) is 24.4. The molecule has 0 aliphatic rings. The van der Waals surface area contributed by atoms with Gasteiger partial charge in [0.1, 0.15) is 11.5 Å². The van der Waals surface area contributed by atoms with Gasteiger partial charge in [-0.25, -0.2) is 4.79 Å². The van der Waals surface area contributed by atoms with E-state index in [4.69, 9.17) is 18.3 Å². The molecule has 0 aromatic rings. The molecule has 0 aliphatic carbocycles. The van der Waals surface area contributed by atoms with Gasteiger partial charge < -0.3 is 18.3 Å². The molecule has 164 valence electrons. The van der Waals surface area contributed by atoms with Crippen LogP contribution < -0.4 is 0 Å². The predicted molar refractivity (Wildman–Crippen MR) is 121 cm³/mol. The third kappa shape index (κ3) is 9.32. The number of ether oxygens (including phenoxy) is 2. The van der Waals surface area contributed by atoms with E-state index in [1.165, 1.54) is 0 Å². The van der Waals surface area contributed by atoms with Gasteiger partial charge in [0, 0.05) is 23.7 Å². The summed E-state index contributed by atoms with van der Waals surface area (Å²) in [5, 5.41) is 0. The Balaban J connectivity index is 5.91. The van der Waals surface area contributed by atoms with E-state index >= 15 is 0 Å². The molecule has 0 radical (unpaired) electrons. The van der Waals surface area contributed by atoms with Crippen molar-refractivity contribution in [2.45, 2.75) is 94.4 Å². The summed E-state index contributed by atoms with van der Waals surface area (Å²) in [7, 11) is -2.66. The van der Waals surface area contributed by atoms with E-state index in [0.717, 1.165) is 11.5 Å². The van der Waals surface area contributed by atoms with Gasteiger partial charge in [-0.15, -0.1) is 0 Å². The van der Waals surface area contributed by atoms with E-state index in [0.29, 0.717) is 24.4 Å². The fraction of sp³-hybridized carbons (Fsp3) is 0.762. The van der Waals surface area contributed by atoms with Gasteiger partial charge in [-0.2, -0.15) is 0 Å². The minimum Gasteiger partial charge on any atom is -0.548 e. The maximum Gasteiger partial charge on any atom is 0.519 e. The molecule has 0 aromatic carbocycles. The first kappa shape index (κ1) is 26.8. The van der Waals surface area contributed by atoms with E-state index in [2.05, 4.69) is 26.2 Å². The Morgan fingerprint density at radius 2 is 0.964 bits per heavy atom. The second-order valence-electron chi connectivity index (χ2n) is 9.50. The van der Waals surface area contributed by atoms with Gasteiger partial charge in [-0.3, -0.25) is 0 Å². The van der Waals surface area contributed by atoms with Crippen LogP contribution in [0.5, 0.6) is 0 Å². The first-order valence-corrected chi connectivity index (χ1v) is 15.9. The van der Waals surface area contributed by atoms with Crippen molar-refractivity contribution in [3.05, 3.63) is 23.0 Å². The quantitative estimate of drug-likeness (QED) is 0.251. The summed E-state index contributed by atoms with van der Waals surface area (Å²) in [6.07, 6.45) is 0.583. The average Bonchev–Trinajstić information content (AvgIpc) is 2.51. The standard InChI is InChI=1S/C21H42O5Si2/c1-13-15(25-27(9)10)17(20(3,4)5)23-19(22)24-18(21(6,7)8)16(14-2)26-28(11)12/h27-28H,13-14H2,1-12H3/b17-15-,18-16-. The SMILES string of the molecule is CC/C(O[SiH](C)C)=C(/OC(=O)O/C(=C(/CC)O[SiH](C)C)C(C)(C)C)C(C)(C)C. The smallest absolute Gasteiger partial charge is 0.519 e. The number of carbonyl (C=O) groups is 1. The molecule has 0 aromatic heterocycles. The van der Waals surface area contributed by atoms with Crippen molar-refractivity contribution in [2.24, 2.45) is 10.8 Å². The van der Waals surface area contributed by atoms with Crippen LogP contribution in [0.3, 0.4) is 0 Å². The molecule has 7 heteroatoms. The molecule has 5 nitrogen and oxygen atoms in total. The van der Waals surface area contributed by atoms with Gasteiger partial charge in [0.15, 0.2) is 11.5 Å². The third-order valence-electron chi connectivity index (χ3n) is 3.64. The van der Waals surface area contributed by atoms with Crippen LogP contribution in [0.15, 0.2) is 23.0 Å². The molecule has 0 unspecified atom stereocenters. The number of hydrogen-bond donors (Lipinski definition) is 0. The lowest BCUT2D eigenvalue weighted by Gasteiger charge is -2.29. The fourth-order valence-corrected chi connectivity index (χ4v) is 4.29. The van der Waals surface area contributed by atoms with Crippen LogP contribution in [-0.2, 0) is 18.3 Å². The maximum absolute atomic E-state index is 12.8. The lowest BCUT2D eigenvalue weighted by Crippen LogP contribution is -2.25. The van der Waals surface area contributed by atoms with Gasteiger partial charge >= 0.3 is 6.16 Å². The van der Waals surface area contributed by atoms with E-state index < -0.39 is 24.2 Å². The lowest BCUT2D eigenvalue weighted by molar-refractivity contribution is 0.0631. The van der Waals surface area contributed by atoms with Crippen LogP contribution in [0.2, 0.25) is 26.2 Å². The predicted octanol–water partition coefficient (Wildman–Crippen LogP) is 6.48. The Labute approximate surface area is 175 Å². The molecule has 28 heavy (non-hydrogen) atoms. The van der Waals surface area contributed by atoms with Crippen molar-refractivity contribution in [1.29, 1.82) is 0 Å². The molecule has 0 heterocycles. The van der Waals surface area contributed by atoms with Crippen LogP contribution in [0.4, 0.5) is 4.79 Å². The van der Waals surface area contributed by atoms with Crippen molar-refractivity contribution in [3.8, 4) is 0 Å². The molecule has 0 rings (SSSR count). The monoisotopic (exact) mass is 430 g/mol. The Hall–Kier alpha value is -1.22. The van der Waals surface area contributed by atoms with Gasteiger partial charge in [-0.1, -0.05) is 55.4 Å². The van der Waals surface area contributed by atoms with E-state index in [1.54, 1.807) is 0 Å². The zero-order valence-corrected chi connectivity index (χ0v) is 22.4. The number of allylic oxidation sites excluding steroid dienone is 4. The van der Waals surface area contributed by atoms with Crippen LogP contribution in [0, 0.1) is 10.8 Å². The molecular weight excluding hydrogens is 388 g/mol. The topological polar surface area (TPSA) is 54.0 Å². The maximum atomic E-state index is 12.8. The summed E-state index contributed by atoms with van der Waals surface area (Å²) in [4.78, 5) is 12.8. The highest BCUT2D eigenvalue weighted by Crippen LogP contribution is 2.35. The van der Waals surface area contributed by atoms with Crippen LogP contribution in [0.1, 0.15) is 68.2 Å². The Bertz CT molecular complexity index is 529. The molecule has 0 aliphatic heterocycles. The van der Waals surface area contributed by atoms with E-state index in [9.17, 15) is 4.79 Å². The summed E-state index contributed by atoms with van der Waals surface area (Å²) in [6, 6.07) is 0. The molecule has 0 atom stereocenters. The second-order valence-corrected chi connectivity index (χ2v) is 14.2. The molecule has 0 bridgehead atoms. The highest BCUT2D eigenvalue weighted by Gasteiger charge is 2.31. The Kier molecular flexibility index (Phi) is 10.6. The van der Waals surface area contributed by atoms with E-state index in [1.807, 2.05) is 55.4 Å². The molecule has 0 saturated carbocycles. The summed E-state index contributed by atoms with van der Waals surface area (Å²) in [5.74, 6) is 2.53. The Morgan fingerprint density at radius 1 is 0.679 bits per heavy atom. The fourth-order valence-electron chi connectivity index (χ4n) is 2.61. The van der Waals surface area contributed by atoms with Crippen LogP contribution >= 0.6 is 0 Å². The summed E-state index contributed by atoms with van der Waals surface area (Å²) in [5.41, 5.74) is -0.762. The first-order valence-electron chi connectivity index (χ1n) is 10.3. The highest BCUT2D eigenvalue weighted by molar-refractivity contribution is 6.49. The van der Waals surface area contributed by atoms with Crippen molar-refractivity contribution >= 4 is 24.2 Å². The summed E-state index contributed by atoms with van der Waals surface area (Å²) < 4.78 is 23.5. The zero-order valence-electron chi connectivity index (χ0n) is 20.1. The molecular formula is C21H42O5Si2. The van der Waals surface area contributed by atoms with Gasteiger partial charge in [-0.05, 0) is 26.2 Å². The number of carbonyl (C=O) groups excluding carboxylic acids is 1. The first-order chi connectivity index (χ1) is 12.6. The molecule has 0 saturated heterocycles. The minimum atomic E-state index is -1.33. The Morgan fingerprint density at radius 3 is 1.14 bits per heavy atom. The van der Waals surface area contributed by atoms with Crippen molar-refractivity contribution < 1.29 is 23.1 Å². The molecule has 0 N–H and O–H groups in total. The van der Waals surface area contributed by atoms with Crippen molar-refractivity contribution in [1.82, 2.24) is 0 Å².